The van der Waals surface area contributed by atoms with Crippen LogP contribution in [0.2, 0.25) is 0 Å². The predicted molar refractivity (Wildman–Crippen MR) is 97.2 cm³/mol. The Hall–Kier alpha value is -2.87. The van der Waals surface area contributed by atoms with Crippen molar-refractivity contribution in [2.75, 3.05) is 24.3 Å². The Morgan fingerprint density at radius 1 is 1.16 bits per heavy atom. The molecule has 0 saturated heterocycles. The van der Waals surface area contributed by atoms with Crippen molar-refractivity contribution in [3.8, 4) is 5.75 Å². The van der Waals surface area contributed by atoms with Gasteiger partial charge in [0.05, 0.1) is 12.8 Å². The molecule has 0 fully saturated rings. The Morgan fingerprint density at radius 3 is 2.60 bits per heavy atom. The quantitative estimate of drug-likeness (QED) is 0.706. The zero-order chi connectivity index (χ0) is 18.2. The zero-order valence-electron chi connectivity index (χ0n) is 13.9. The molecule has 1 aromatic heterocycles. The highest BCUT2D eigenvalue weighted by molar-refractivity contribution is 7.08. The third kappa shape index (κ3) is 5.61. The lowest BCUT2D eigenvalue weighted by Crippen LogP contribution is -2.27. The minimum Gasteiger partial charge on any atom is -0.495 e. The van der Waals surface area contributed by atoms with Crippen LogP contribution in [0.3, 0.4) is 0 Å². The summed E-state index contributed by atoms with van der Waals surface area (Å²) in [5.74, 6) is -0.216. The van der Waals surface area contributed by atoms with Crippen LogP contribution in [-0.4, -0.2) is 31.4 Å². The van der Waals surface area contributed by atoms with Crippen molar-refractivity contribution < 1.29 is 19.1 Å². The first-order chi connectivity index (χ1) is 12.0. The maximum absolute atomic E-state index is 12.1. The maximum atomic E-state index is 12.1. The van der Waals surface area contributed by atoms with Crippen LogP contribution in [-0.2, 0) is 9.59 Å². The lowest BCUT2D eigenvalue weighted by Gasteiger charge is -2.12. The van der Waals surface area contributed by atoms with Crippen LogP contribution < -0.4 is 20.7 Å². The molecule has 0 bridgehead atoms. The zero-order valence-corrected chi connectivity index (χ0v) is 14.7. The summed E-state index contributed by atoms with van der Waals surface area (Å²) in [4.78, 5) is 35.0. The molecule has 3 N–H and O–H groups in total. The summed E-state index contributed by atoms with van der Waals surface area (Å²) < 4.78 is 5.20. The number of benzene rings is 1. The SMILES string of the molecule is COc1ccc(NC(C)=O)cc1NC(=O)CCNC(=O)c1ccsc1. The third-order valence-corrected chi connectivity index (χ3v) is 3.90. The maximum Gasteiger partial charge on any atom is 0.252 e. The monoisotopic (exact) mass is 361 g/mol. The van der Waals surface area contributed by atoms with Gasteiger partial charge in [-0.2, -0.15) is 11.3 Å². The Morgan fingerprint density at radius 2 is 1.96 bits per heavy atom. The summed E-state index contributed by atoms with van der Waals surface area (Å²) in [7, 11) is 1.49. The first-order valence-electron chi connectivity index (χ1n) is 7.55. The number of thiophene rings is 1. The van der Waals surface area contributed by atoms with Gasteiger partial charge in [-0.3, -0.25) is 14.4 Å². The van der Waals surface area contributed by atoms with Crippen LogP contribution in [0.4, 0.5) is 11.4 Å². The Kier molecular flexibility index (Phi) is 6.53. The largest absolute Gasteiger partial charge is 0.495 e. The number of carbonyl (C=O) groups is 3. The lowest BCUT2D eigenvalue weighted by atomic mass is 10.2. The van der Waals surface area contributed by atoms with E-state index in [9.17, 15) is 14.4 Å². The molecule has 0 aliphatic carbocycles. The molecule has 1 aromatic carbocycles. The average molecular weight is 361 g/mol. The number of carbonyl (C=O) groups excluding carboxylic acids is 3. The van der Waals surface area contributed by atoms with Crippen LogP contribution >= 0.6 is 11.3 Å². The highest BCUT2D eigenvalue weighted by atomic mass is 32.1. The minimum absolute atomic E-state index is 0.114. The molecule has 2 aromatic rings. The van der Waals surface area contributed by atoms with E-state index >= 15 is 0 Å². The summed E-state index contributed by atoms with van der Waals surface area (Å²) in [6.45, 7) is 1.62. The molecule has 0 saturated carbocycles. The van der Waals surface area contributed by atoms with Crippen molar-refractivity contribution in [3.63, 3.8) is 0 Å². The summed E-state index contributed by atoms with van der Waals surface area (Å²) in [5, 5.41) is 11.6. The van der Waals surface area contributed by atoms with Gasteiger partial charge in [-0.25, -0.2) is 0 Å². The highest BCUT2D eigenvalue weighted by Crippen LogP contribution is 2.27. The van der Waals surface area contributed by atoms with Crippen molar-refractivity contribution in [2.45, 2.75) is 13.3 Å². The Bertz CT molecular complexity index is 759. The van der Waals surface area contributed by atoms with E-state index in [4.69, 9.17) is 4.74 Å². The number of amides is 3. The average Bonchev–Trinajstić information content (AvgIpc) is 3.09. The molecule has 3 amide bonds. The smallest absolute Gasteiger partial charge is 0.252 e. The topological polar surface area (TPSA) is 96.5 Å². The van der Waals surface area contributed by atoms with Crippen molar-refractivity contribution in [2.24, 2.45) is 0 Å². The number of nitrogens with one attached hydrogen (secondary N) is 3. The predicted octanol–water partition coefficient (Wildman–Crippen LogP) is 2.47. The van der Waals surface area contributed by atoms with Crippen molar-refractivity contribution in [1.82, 2.24) is 5.32 Å². The van der Waals surface area contributed by atoms with Gasteiger partial charge >= 0.3 is 0 Å². The van der Waals surface area contributed by atoms with Crippen LogP contribution in [0.1, 0.15) is 23.7 Å². The molecule has 0 aliphatic rings. The molecule has 25 heavy (non-hydrogen) atoms. The van der Waals surface area contributed by atoms with Crippen molar-refractivity contribution in [1.29, 1.82) is 0 Å². The molecule has 0 radical (unpaired) electrons. The van der Waals surface area contributed by atoms with Crippen LogP contribution in [0.5, 0.6) is 5.75 Å². The van der Waals surface area contributed by atoms with Gasteiger partial charge in [0.1, 0.15) is 5.75 Å². The molecular formula is C17H19N3O4S. The van der Waals surface area contributed by atoms with Gasteiger partial charge in [-0.15, -0.1) is 0 Å². The number of anilines is 2. The molecule has 132 valence electrons. The molecule has 1 heterocycles. The second-order valence-electron chi connectivity index (χ2n) is 5.16. The highest BCUT2D eigenvalue weighted by Gasteiger charge is 2.11. The van der Waals surface area contributed by atoms with E-state index in [1.165, 1.54) is 25.4 Å². The number of methoxy groups -OCH3 is 1. The Balaban J connectivity index is 1.90. The molecule has 8 heteroatoms. The van der Waals surface area contributed by atoms with Crippen LogP contribution in [0.15, 0.2) is 35.0 Å². The van der Waals surface area contributed by atoms with E-state index in [1.54, 1.807) is 29.6 Å². The summed E-state index contributed by atoms with van der Waals surface area (Å²) >= 11 is 1.44. The standard InChI is InChI=1S/C17H19N3O4S/c1-11(21)19-13-3-4-15(24-2)14(9-13)20-16(22)5-7-18-17(23)12-6-8-25-10-12/h3-4,6,8-10H,5,7H2,1-2H3,(H,18,23)(H,19,21)(H,20,22). The van der Waals surface area contributed by atoms with Crippen molar-refractivity contribution in [3.05, 3.63) is 40.6 Å². The van der Waals surface area contributed by atoms with Gasteiger partial charge in [0, 0.05) is 36.5 Å². The fourth-order valence-corrected chi connectivity index (χ4v) is 2.72. The number of hydrogen-bond donors (Lipinski definition) is 3. The van der Waals surface area contributed by atoms with Crippen LogP contribution in [0, 0.1) is 0 Å². The van der Waals surface area contributed by atoms with E-state index < -0.39 is 0 Å². The second kappa shape index (κ2) is 8.84. The van der Waals surface area contributed by atoms with E-state index in [0.717, 1.165) is 0 Å². The van der Waals surface area contributed by atoms with E-state index in [-0.39, 0.29) is 30.7 Å². The normalized spacial score (nSPS) is 10.0. The lowest BCUT2D eigenvalue weighted by molar-refractivity contribution is -0.116. The first kappa shape index (κ1) is 18.5. The Labute approximate surface area is 149 Å². The van der Waals surface area contributed by atoms with E-state index in [2.05, 4.69) is 16.0 Å². The number of ether oxygens (including phenoxy) is 1. The molecular weight excluding hydrogens is 342 g/mol. The van der Waals surface area contributed by atoms with Gasteiger partial charge < -0.3 is 20.7 Å². The molecule has 0 aliphatic heterocycles. The number of hydrogen-bond acceptors (Lipinski definition) is 5. The minimum atomic E-state index is -0.274. The molecule has 2 rings (SSSR count). The molecule has 0 atom stereocenters. The fourth-order valence-electron chi connectivity index (χ4n) is 2.08. The summed E-state index contributed by atoms with van der Waals surface area (Å²) in [5.41, 5.74) is 1.58. The first-order valence-corrected chi connectivity index (χ1v) is 8.49. The molecule has 0 unspecified atom stereocenters. The second-order valence-corrected chi connectivity index (χ2v) is 5.94. The van der Waals surface area contributed by atoms with Gasteiger partial charge in [0.25, 0.3) is 5.91 Å². The van der Waals surface area contributed by atoms with Crippen molar-refractivity contribution >= 4 is 40.4 Å². The summed E-state index contributed by atoms with van der Waals surface area (Å²) in [6, 6.07) is 6.66. The molecule has 0 spiro atoms. The van der Waals surface area contributed by atoms with Gasteiger partial charge in [-0.1, -0.05) is 0 Å². The third-order valence-electron chi connectivity index (χ3n) is 3.21. The van der Waals surface area contributed by atoms with E-state index in [0.29, 0.717) is 22.7 Å². The summed E-state index contributed by atoms with van der Waals surface area (Å²) in [6.07, 6.45) is 0.114. The molecule has 7 nitrogen and oxygen atoms in total. The van der Waals surface area contributed by atoms with Gasteiger partial charge in [0.15, 0.2) is 0 Å². The fraction of sp³-hybridized carbons (Fsp3) is 0.235. The van der Waals surface area contributed by atoms with E-state index in [1.807, 2.05) is 5.38 Å². The van der Waals surface area contributed by atoms with Gasteiger partial charge in [-0.05, 0) is 29.6 Å². The van der Waals surface area contributed by atoms with Gasteiger partial charge in [0.2, 0.25) is 11.8 Å². The van der Waals surface area contributed by atoms with Crippen LogP contribution in [0.25, 0.3) is 0 Å². The number of rotatable bonds is 7.